The Morgan fingerprint density at radius 2 is 0.867 bits per heavy atom. The summed E-state index contributed by atoms with van der Waals surface area (Å²) in [6.45, 7) is 0. The molecular weight excluding hydrogens is 536 g/mol. The van der Waals surface area contributed by atoms with Crippen LogP contribution >= 0.6 is 0 Å². The molecule has 0 fully saturated rings. The van der Waals surface area contributed by atoms with Gasteiger partial charge in [0, 0.05) is 16.3 Å². The minimum Gasteiger partial charge on any atom is -0.456 e. The molecule has 0 bridgehead atoms. The van der Waals surface area contributed by atoms with Crippen LogP contribution in [0.15, 0.2) is 108 Å². The maximum atomic E-state index is 6.91. The molecule has 6 aromatic carbocycles. The predicted octanol–water partition coefficient (Wildman–Crippen LogP) is -2.58. The van der Waals surface area contributed by atoms with E-state index in [0.717, 1.165) is 11.2 Å². The number of benzene rings is 6. The molecule has 0 aliphatic heterocycles. The van der Waals surface area contributed by atoms with Gasteiger partial charge in [0.05, 0.1) is 5.41 Å². The highest BCUT2D eigenvalue weighted by Crippen LogP contribution is 2.56. The molecule has 1 aliphatic carbocycles. The molecule has 0 spiro atoms. The van der Waals surface area contributed by atoms with Crippen molar-refractivity contribution in [3.63, 3.8) is 0 Å². The van der Waals surface area contributed by atoms with E-state index in [4.69, 9.17) is 4.42 Å². The van der Waals surface area contributed by atoms with Gasteiger partial charge in [-0.3, -0.25) is 0 Å². The molecule has 0 atom stereocenters. The first kappa shape index (κ1) is 28.1. The van der Waals surface area contributed by atoms with Gasteiger partial charge in [0.25, 0.3) is 0 Å². The summed E-state index contributed by atoms with van der Waals surface area (Å²) in [4.78, 5) is 0. The minimum atomic E-state index is -0.400. The fourth-order valence-electron chi connectivity index (χ4n) is 8.28. The fraction of sp³-hybridized carbons (Fsp3) is 0.0270. The van der Waals surface area contributed by atoms with Crippen molar-refractivity contribution in [2.45, 2.75) is 5.41 Å². The lowest BCUT2D eigenvalue weighted by atomic mass is 9.64. The zero-order valence-corrected chi connectivity index (χ0v) is 27.2. The average Bonchev–Trinajstić information content (AvgIpc) is 3.62. The normalized spacial score (nSPS) is 13.2. The fourth-order valence-corrected chi connectivity index (χ4v) is 8.28. The molecule has 8 rings (SSSR count). The summed E-state index contributed by atoms with van der Waals surface area (Å²) in [6, 6.07) is 38.2. The predicted molar refractivity (Wildman–Crippen MR) is 214 cm³/mol. The largest absolute Gasteiger partial charge is 0.456 e. The molecule has 1 nitrogen and oxygen atoms in total. The van der Waals surface area contributed by atoms with Gasteiger partial charge >= 0.3 is 0 Å². The molecule has 206 valence electrons. The molecule has 1 heterocycles. The van der Waals surface area contributed by atoms with Crippen molar-refractivity contribution in [3.05, 3.63) is 125 Å². The van der Waals surface area contributed by atoms with Crippen molar-refractivity contribution in [1.29, 1.82) is 0 Å². The van der Waals surface area contributed by atoms with E-state index in [1.165, 1.54) is 93.5 Å². The molecule has 7 aromatic rings. The topological polar surface area (TPSA) is 13.1 Å². The summed E-state index contributed by atoms with van der Waals surface area (Å²) in [5.74, 6) is 0. The lowest BCUT2D eigenvalue weighted by Gasteiger charge is -2.34. The van der Waals surface area contributed by atoms with Crippen LogP contribution in [0.3, 0.4) is 0 Å². The summed E-state index contributed by atoms with van der Waals surface area (Å²) in [5, 5.41) is 2.53. The highest BCUT2D eigenvalue weighted by Gasteiger charge is 2.45. The first-order valence-corrected chi connectivity index (χ1v) is 16.0. The van der Waals surface area contributed by atoms with Crippen molar-refractivity contribution in [3.8, 4) is 22.3 Å². The van der Waals surface area contributed by atoms with Crippen LogP contribution in [0.25, 0.3) is 44.2 Å². The maximum absolute atomic E-state index is 6.91. The summed E-state index contributed by atoms with van der Waals surface area (Å²) in [6.07, 6.45) is 0. The Morgan fingerprint density at radius 3 is 1.47 bits per heavy atom. The monoisotopic (exact) mass is 568 g/mol. The summed E-state index contributed by atoms with van der Waals surface area (Å²) in [5.41, 5.74) is 21.0. The van der Waals surface area contributed by atoms with Crippen molar-refractivity contribution < 1.29 is 4.42 Å². The second-order valence-corrected chi connectivity index (χ2v) is 13.0. The molecular formula is C37H31B7O. The molecule has 45 heavy (non-hydrogen) atoms. The van der Waals surface area contributed by atoms with Crippen LogP contribution in [-0.2, 0) is 5.41 Å². The van der Waals surface area contributed by atoms with Gasteiger partial charge in [0.2, 0.25) is 0 Å². The SMILES string of the molecule is Bc1c(B)c(B)c2c(oc3c(-c4ccc(C5(c6ccccc6)c6ccccc6-c6ccccc65)cc4)c(B)c(B)c(B)c32)c1B. The van der Waals surface area contributed by atoms with Crippen LogP contribution in [0.1, 0.15) is 22.3 Å². The van der Waals surface area contributed by atoms with Gasteiger partial charge < -0.3 is 4.42 Å². The molecule has 0 N–H and O–H groups in total. The Balaban J connectivity index is 1.41. The second-order valence-electron chi connectivity index (χ2n) is 13.0. The zero-order chi connectivity index (χ0) is 31.2. The molecule has 8 heteroatoms. The van der Waals surface area contributed by atoms with Gasteiger partial charge in [-0.2, -0.15) is 0 Å². The number of furan rings is 1. The third kappa shape index (κ3) is 3.66. The third-order valence-corrected chi connectivity index (χ3v) is 11.2. The molecule has 1 aliphatic rings. The molecule has 0 saturated heterocycles. The van der Waals surface area contributed by atoms with Crippen molar-refractivity contribution in [2.75, 3.05) is 0 Å². The standard InChI is InChI=1S/C37H31B7O/c38-28-25(35-26(29(39)31(28)41)27-30(40)32(42)33(43)34(44)36(27)45-35)18-14-16-20(17-15-18)37(19-8-2-1-3-9-19)23-12-6-4-10-21(23)22-11-5-7-13-24(22)37/h1-17H,38-44H2. The van der Waals surface area contributed by atoms with Crippen LogP contribution in [0.5, 0.6) is 0 Å². The Morgan fingerprint density at radius 1 is 0.400 bits per heavy atom. The number of fused-ring (bicyclic) bond motifs is 6. The Bertz CT molecular complexity index is 2300. The summed E-state index contributed by atoms with van der Waals surface area (Å²) >= 11 is 0. The van der Waals surface area contributed by atoms with Gasteiger partial charge in [-0.25, -0.2) is 0 Å². The van der Waals surface area contributed by atoms with E-state index in [-0.39, 0.29) is 0 Å². The van der Waals surface area contributed by atoms with Gasteiger partial charge in [0.1, 0.15) is 66.1 Å². The maximum Gasteiger partial charge on any atom is 0.143 e. The van der Waals surface area contributed by atoms with E-state index in [0.29, 0.717) is 0 Å². The molecule has 0 unspecified atom stereocenters. The molecule has 0 radical (unpaired) electrons. The lowest BCUT2D eigenvalue weighted by molar-refractivity contribution is 0.673. The van der Waals surface area contributed by atoms with Gasteiger partial charge in [-0.05, 0) is 38.9 Å². The van der Waals surface area contributed by atoms with Gasteiger partial charge in [-0.15, -0.1) is 5.46 Å². The van der Waals surface area contributed by atoms with Crippen molar-refractivity contribution in [2.24, 2.45) is 0 Å². The first-order valence-electron chi connectivity index (χ1n) is 16.0. The number of hydrogen-bond donors (Lipinski definition) is 0. The third-order valence-electron chi connectivity index (χ3n) is 11.2. The van der Waals surface area contributed by atoms with Gasteiger partial charge in [-0.1, -0.05) is 136 Å². The zero-order valence-electron chi connectivity index (χ0n) is 27.2. The Labute approximate surface area is 271 Å². The highest BCUT2D eigenvalue weighted by molar-refractivity contribution is 6.69. The average molecular weight is 567 g/mol. The lowest BCUT2D eigenvalue weighted by Crippen LogP contribution is -2.47. The quantitative estimate of drug-likeness (QED) is 0.214. The van der Waals surface area contributed by atoms with Crippen molar-refractivity contribution in [1.82, 2.24) is 0 Å². The van der Waals surface area contributed by atoms with E-state index >= 15 is 0 Å². The van der Waals surface area contributed by atoms with Gasteiger partial charge in [0.15, 0.2) is 0 Å². The number of rotatable bonds is 3. The second kappa shape index (κ2) is 10.0. The summed E-state index contributed by atoms with van der Waals surface area (Å²) < 4.78 is 6.91. The van der Waals surface area contributed by atoms with Crippen LogP contribution < -0.4 is 38.2 Å². The molecule has 0 saturated carbocycles. The highest BCUT2D eigenvalue weighted by atomic mass is 16.3. The van der Waals surface area contributed by atoms with Crippen LogP contribution in [0.4, 0.5) is 0 Å². The Hall–Kier alpha value is -4.43. The number of hydrogen-bond acceptors (Lipinski definition) is 1. The summed E-state index contributed by atoms with van der Waals surface area (Å²) in [7, 11) is 15.7. The first-order chi connectivity index (χ1) is 21.8. The molecule has 1 aromatic heterocycles. The smallest absolute Gasteiger partial charge is 0.143 e. The Kier molecular flexibility index (Phi) is 6.27. The van der Waals surface area contributed by atoms with Crippen LogP contribution in [-0.4, -0.2) is 54.9 Å². The van der Waals surface area contributed by atoms with E-state index in [1.807, 2.05) is 0 Å². The minimum absolute atomic E-state index is 0.400. The van der Waals surface area contributed by atoms with E-state index < -0.39 is 5.41 Å². The van der Waals surface area contributed by atoms with Crippen LogP contribution in [0, 0.1) is 0 Å². The van der Waals surface area contributed by atoms with E-state index in [1.54, 1.807) is 0 Å². The van der Waals surface area contributed by atoms with Crippen molar-refractivity contribution >= 4 is 115 Å². The molecule has 0 amide bonds. The van der Waals surface area contributed by atoms with Crippen LogP contribution in [0.2, 0.25) is 0 Å². The van der Waals surface area contributed by atoms with E-state index in [9.17, 15) is 0 Å². The van der Waals surface area contributed by atoms with E-state index in [2.05, 4.69) is 158 Å².